The maximum atomic E-state index is 11.9. The van der Waals surface area contributed by atoms with Crippen LogP contribution in [0.3, 0.4) is 0 Å². The molecule has 6 nitrogen and oxygen atoms in total. The van der Waals surface area contributed by atoms with Crippen molar-refractivity contribution in [2.75, 3.05) is 6.79 Å². The molecule has 1 amide bonds. The number of aromatic amines is 1. The summed E-state index contributed by atoms with van der Waals surface area (Å²) >= 11 is 0. The van der Waals surface area contributed by atoms with Gasteiger partial charge in [-0.1, -0.05) is 24.3 Å². The lowest BCUT2D eigenvalue weighted by atomic mass is 9.90. The molecule has 6 heteroatoms. The van der Waals surface area contributed by atoms with Gasteiger partial charge in [0.05, 0.1) is 12.1 Å². The highest BCUT2D eigenvalue weighted by molar-refractivity contribution is 5.88. The van der Waals surface area contributed by atoms with Gasteiger partial charge in [0.15, 0.2) is 11.5 Å². The minimum atomic E-state index is -0.415. The molecule has 0 saturated heterocycles. The van der Waals surface area contributed by atoms with E-state index in [-0.39, 0.29) is 18.7 Å². The molecule has 0 saturated carbocycles. The van der Waals surface area contributed by atoms with E-state index in [2.05, 4.69) is 16.4 Å². The van der Waals surface area contributed by atoms with Crippen molar-refractivity contribution >= 4 is 16.8 Å². The molecule has 3 aromatic rings. The van der Waals surface area contributed by atoms with E-state index in [1.54, 1.807) is 0 Å². The quantitative estimate of drug-likeness (QED) is 0.668. The molecule has 2 aliphatic rings. The number of primary amides is 1. The number of nitrogens with two attached hydrogens (primary N) is 1. The lowest BCUT2D eigenvalue weighted by molar-refractivity contribution is -0.120. The summed E-state index contributed by atoms with van der Waals surface area (Å²) in [5, 5.41) is 4.51. The van der Waals surface area contributed by atoms with Gasteiger partial charge in [-0.3, -0.25) is 10.1 Å². The molecule has 3 heterocycles. The maximum absolute atomic E-state index is 11.9. The third kappa shape index (κ3) is 2.18. The van der Waals surface area contributed by atoms with Crippen molar-refractivity contribution in [3.05, 3.63) is 59.3 Å². The molecule has 2 aromatic carbocycles. The van der Waals surface area contributed by atoms with Crippen molar-refractivity contribution < 1.29 is 14.3 Å². The summed E-state index contributed by atoms with van der Waals surface area (Å²) in [6.45, 7) is 0.235. The van der Waals surface area contributed by atoms with Gasteiger partial charge in [-0.25, -0.2) is 0 Å². The molecule has 25 heavy (non-hydrogen) atoms. The van der Waals surface area contributed by atoms with Crippen LogP contribution in [0, 0.1) is 0 Å². The lowest BCUT2D eigenvalue weighted by Gasteiger charge is -2.30. The van der Waals surface area contributed by atoms with E-state index >= 15 is 0 Å². The van der Waals surface area contributed by atoms with Gasteiger partial charge in [0.2, 0.25) is 12.7 Å². The number of benzene rings is 2. The van der Waals surface area contributed by atoms with Gasteiger partial charge >= 0.3 is 0 Å². The molecule has 2 atom stereocenters. The summed E-state index contributed by atoms with van der Waals surface area (Å²) in [5.41, 5.74) is 9.88. The fraction of sp³-hybridized carbons (Fsp3) is 0.211. The summed E-state index contributed by atoms with van der Waals surface area (Å²) < 4.78 is 10.9. The van der Waals surface area contributed by atoms with Crippen LogP contribution in [0.5, 0.6) is 11.5 Å². The average molecular weight is 335 g/mol. The largest absolute Gasteiger partial charge is 0.454 e. The maximum Gasteiger partial charge on any atom is 0.234 e. The van der Waals surface area contributed by atoms with Crippen LogP contribution in [-0.2, 0) is 11.2 Å². The Morgan fingerprint density at radius 1 is 1.12 bits per heavy atom. The second kappa shape index (κ2) is 5.26. The molecule has 0 radical (unpaired) electrons. The Bertz CT molecular complexity index is 995. The molecule has 5 rings (SSSR count). The molecule has 0 fully saturated rings. The highest BCUT2D eigenvalue weighted by Crippen LogP contribution is 2.39. The van der Waals surface area contributed by atoms with E-state index < -0.39 is 6.04 Å². The minimum Gasteiger partial charge on any atom is -0.454 e. The van der Waals surface area contributed by atoms with E-state index in [0.717, 1.165) is 39.2 Å². The van der Waals surface area contributed by atoms with Gasteiger partial charge in [0, 0.05) is 16.6 Å². The SMILES string of the molecule is NC(=O)[C@H]1Cc2c([nH]c3ccccc23)[C@H](c2ccc3c(c2)OCO3)N1. The zero-order valence-electron chi connectivity index (χ0n) is 13.4. The number of nitrogens with one attached hydrogen (secondary N) is 2. The molecular weight excluding hydrogens is 318 g/mol. The third-order valence-electron chi connectivity index (χ3n) is 4.98. The smallest absolute Gasteiger partial charge is 0.234 e. The Labute approximate surface area is 143 Å². The summed E-state index contributed by atoms with van der Waals surface area (Å²) in [6.07, 6.45) is 0.579. The number of hydrogen-bond donors (Lipinski definition) is 3. The zero-order valence-corrected chi connectivity index (χ0v) is 13.4. The lowest BCUT2D eigenvalue weighted by Crippen LogP contribution is -2.48. The molecule has 126 valence electrons. The number of rotatable bonds is 2. The van der Waals surface area contributed by atoms with Crippen LogP contribution in [0.15, 0.2) is 42.5 Å². The van der Waals surface area contributed by atoms with Gasteiger partial charge in [0.1, 0.15) is 0 Å². The van der Waals surface area contributed by atoms with Crippen LogP contribution in [-0.4, -0.2) is 23.7 Å². The summed E-state index contributed by atoms with van der Waals surface area (Å²) in [4.78, 5) is 15.4. The first kappa shape index (κ1) is 14.4. The Morgan fingerprint density at radius 2 is 1.96 bits per heavy atom. The average Bonchev–Trinajstić information content (AvgIpc) is 3.24. The first-order valence-electron chi connectivity index (χ1n) is 8.25. The fourth-order valence-electron chi connectivity index (χ4n) is 3.77. The van der Waals surface area contributed by atoms with Gasteiger partial charge < -0.3 is 20.2 Å². The number of H-pyrrole nitrogens is 1. The highest BCUT2D eigenvalue weighted by atomic mass is 16.7. The highest BCUT2D eigenvalue weighted by Gasteiger charge is 2.33. The second-order valence-corrected chi connectivity index (χ2v) is 6.43. The van der Waals surface area contributed by atoms with Crippen LogP contribution >= 0.6 is 0 Å². The monoisotopic (exact) mass is 335 g/mol. The number of fused-ring (bicyclic) bond motifs is 4. The number of amides is 1. The second-order valence-electron chi connectivity index (χ2n) is 6.43. The topological polar surface area (TPSA) is 89.4 Å². The first-order valence-corrected chi connectivity index (χ1v) is 8.25. The van der Waals surface area contributed by atoms with Crippen molar-refractivity contribution in [1.29, 1.82) is 0 Å². The van der Waals surface area contributed by atoms with Gasteiger partial charge in [0.25, 0.3) is 0 Å². The molecule has 0 spiro atoms. The van der Waals surface area contributed by atoms with Crippen LogP contribution < -0.4 is 20.5 Å². The Kier molecular flexibility index (Phi) is 3.02. The van der Waals surface area contributed by atoms with Gasteiger partial charge in [-0.05, 0) is 35.7 Å². The van der Waals surface area contributed by atoms with Crippen LogP contribution in [0.2, 0.25) is 0 Å². The minimum absolute atomic E-state index is 0.164. The van der Waals surface area contributed by atoms with E-state index in [4.69, 9.17) is 15.2 Å². The molecule has 0 aliphatic carbocycles. The van der Waals surface area contributed by atoms with Crippen molar-refractivity contribution in [1.82, 2.24) is 10.3 Å². The summed E-state index contributed by atoms with van der Waals surface area (Å²) in [7, 11) is 0. The Morgan fingerprint density at radius 3 is 2.84 bits per heavy atom. The van der Waals surface area contributed by atoms with Crippen molar-refractivity contribution in [3.8, 4) is 11.5 Å². The first-order chi connectivity index (χ1) is 12.2. The van der Waals surface area contributed by atoms with Crippen LogP contribution in [0.25, 0.3) is 10.9 Å². The van der Waals surface area contributed by atoms with E-state index in [1.807, 2.05) is 36.4 Å². The Balaban J connectivity index is 1.67. The van der Waals surface area contributed by atoms with Crippen LogP contribution in [0.1, 0.15) is 22.9 Å². The predicted molar refractivity (Wildman–Crippen MR) is 92.5 cm³/mol. The van der Waals surface area contributed by atoms with E-state index in [9.17, 15) is 4.79 Å². The zero-order chi connectivity index (χ0) is 17.0. The predicted octanol–water partition coefficient (Wildman–Crippen LogP) is 1.99. The van der Waals surface area contributed by atoms with Crippen LogP contribution in [0.4, 0.5) is 0 Å². The standard InChI is InChI=1S/C19H17N3O3/c20-19(23)14-8-12-11-3-1-2-4-13(11)21-18(12)17(22-14)10-5-6-15-16(7-10)25-9-24-15/h1-7,14,17,21-22H,8-9H2,(H2,20,23)/t14-,17+/m1/s1. The van der Waals surface area contributed by atoms with Crippen molar-refractivity contribution in [2.24, 2.45) is 5.73 Å². The molecular formula is C19H17N3O3. The molecule has 2 aliphatic heterocycles. The number of carbonyl (C=O) groups is 1. The molecule has 1 aromatic heterocycles. The molecule has 0 bridgehead atoms. The van der Waals surface area contributed by atoms with E-state index in [1.165, 1.54) is 0 Å². The van der Waals surface area contributed by atoms with Crippen molar-refractivity contribution in [3.63, 3.8) is 0 Å². The number of hydrogen-bond acceptors (Lipinski definition) is 4. The summed E-state index contributed by atoms with van der Waals surface area (Å²) in [5.74, 6) is 1.11. The number of aromatic nitrogens is 1. The molecule has 4 N–H and O–H groups in total. The van der Waals surface area contributed by atoms with Gasteiger partial charge in [-0.2, -0.15) is 0 Å². The summed E-state index contributed by atoms with van der Waals surface area (Å²) in [6, 6.07) is 13.4. The molecule has 0 unspecified atom stereocenters. The third-order valence-corrected chi connectivity index (χ3v) is 4.98. The number of para-hydroxylation sites is 1. The Hall–Kier alpha value is -2.99. The number of carbonyl (C=O) groups excluding carboxylic acids is 1. The van der Waals surface area contributed by atoms with Gasteiger partial charge in [-0.15, -0.1) is 0 Å². The number of ether oxygens (including phenoxy) is 2. The van der Waals surface area contributed by atoms with E-state index in [0.29, 0.717) is 6.42 Å². The fourth-order valence-corrected chi connectivity index (χ4v) is 3.77. The normalized spacial score (nSPS) is 21.3. The van der Waals surface area contributed by atoms with Crippen molar-refractivity contribution in [2.45, 2.75) is 18.5 Å².